The van der Waals surface area contributed by atoms with Gasteiger partial charge >= 0.3 is 0 Å². The number of benzene rings is 1. The average molecular weight is 284 g/mol. The fourth-order valence-corrected chi connectivity index (χ4v) is 2.65. The molecule has 0 fully saturated rings. The Hall–Kier alpha value is -1.83. The quantitative estimate of drug-likeness (QED) is 0.733. The Kier molecular flexibility index (Phi) is 5.79. The SMILES string of the molecule is CCN(CC)CCCNC(C#N)c1c[nH]c2ccccc12. The molecule has 0 aliphatic carbocycles. The first kappa shape index (κ1) is 15.6. The lowest BCUT2D eigenvalue weighted by atomic mass is 10.1. The van der Waals surface area contributed by atoms with E-state index in [9.17, 15) is 5.26 Å². The van der Waals surface area contributed by atoms with Crippen LogP contribution in [0, 0.1) is 11.3 Å². The summed E-state index contributed by atoms with van der Waals surface area (Å²) in [5, 5.41) is 13.9. The summed E-state index contributed by atoms with van der Waals surface area (Å²) in [6.07, 6.45) is 3.00. The normalized spacial score (nSPS) is 12.7. The molecule has 1 aromatic heterocycles. The molecule has 0 saturated carbocycles. The Bertz CT molecular complexity index is 592. The van der Waals surface area contributed by atoms with Gasteiger partial charge in [-0.2, -0.15) is 5.26 Å². The highest BCUT2D eigenvalue weighted by Gasteiger charge is 2.14. The van der Waals surface area contributed by atoms with Crippen LogP contribution in [0.5, 0.6) is 0 Å². The highest BCUT2D eigenvalue weighted by atomic mass is 15.1. The fourth-order valence-electron chi connectivity index (χ4n) is 2.65. The van der Waals surface area contributed by atoms with Crippen molar-refractivity contribution in [3.63, 3.8) is 0 Å². The predicted octanol–water partition coefficient (Wildman–Crippen LogP) is 3.05. The Balaban J connectivity index is 1.93. The van der Waals surface area contributed by atoms with E-state index in [1.165, 1.54) is 0 Å². The summed E-state index contributed by atoms with van der Waals surface area (Å²) < 4.78 is 0. The number of H-pyrrole nitrogens is 1. The van der Waals surface area contributed by atoms with Gasteiger partial charge in [0, 0.05) is 22.7 Å². The molecule has 0 aliphatic rings. The van der Waals surface area contributed by atoms with Crippen LogP contribution < -0.4 is 5.32 Å². The van der Waals surface area contributed by atoms with Crippen molar-refractivity contribution in [2.75, 3.05) is 26.2 Å². The number of fused-ring (bicyclic) bond motifs is 1. The summed E-state index contributed by atoms with van der Waals surface area (Å²) in [4.78, 5) is 5.63. The summed E-state index contributed by atoms with van der Waals surface area (Å²) in [5.74, 6) is 0. The van der Waals surface area contributed by atoms with Gasteiger partial charge in [-0.05, 0) is 38.7 Å². The third-order valence-electron chi connectivity index (χ3n) is 3.96. The van der Waals surface area contributed by atoms with Crippen molar-refractivity contribution in [2.45, 2.75) is 26.3 Å². The zero-order valence-corrected chi connectivity index (χ0v) is 12.9. The van der Waals surface area contributed by atoms with Crippen molar-refractivity contribution < 1.29 is 0 Å². The Morgan fingerprint density at radius 2 is 2.05 bits per heavy atom. The van der Waals surface area contributed by atoms with Crippen LogP contribution in [0.3, 0.4) is 0 Å². The minimum atomic E-state index is -0.252. The van der Waals surface area contributed by atoms with Gasteiger partial charge in [0.05, 0.1) is 6.07 Å². The summed E-state index contributed by atoms with van der Waals surface area (Å²) in [6, 6.07) is 10.2. The lowest BCUT2D eigenvalue weighted by Crippen LogP contribution is -2.28. The van der Waals surface area contributed by atoms with E-state index in [0.717, 1.165) is 49.1 Å². The Labute approximate surface area is 126 Å². The summed E-state index contributed by atoms with van der Waals surface area (Å²) >= 11 is 0. The predicted molar refractivity (Wildman–Crippen MR) is 87.1 cm³/mol. The van der Waals surface area contributed by atoms with Gasteiger partial charge in [-0.3, -0.25) is 5.32 Å². The maximum Gasteiger partial charge on any atom is 0.123 e. The van der Waals surface area contributed by atoms with Crippen LogP contribution in [0.15, 0.2) is 30.5 Å². The second-order valence-electron chi connectivity index (χ2n) is 5.19. The van der Waals surface area contributed by atoms with Crippen LogP contribution in [-0.4, -0.2) is 36.1 Å². The molecular weight excluding hydrogens is 260 g/mol. The molecule has 0 aliphatic heterocycles. The molecule has 0 saturated heterocycles. The minimum Gasteiger partial charge on any atom is -0.361 e. The lowest BCUT2D eigenvalue weighted by Gasteiger charge is -2.18. The standard InChI is InChI=1S/C17H24N4/c1-3-21(4-2)11-7-10-19-17(12-18)15-13-20-16-9-6-5-8-14(15)16/h5-6,8-9,13,17,19-20H,3-4,7,10-11H2,1-2H3. The summed E-state index contributed by atoms with van der Waals surface area (Å²) in [5.41, 5.74) is 2.12. The number of para-hydroxylation sites is 1. The second-order valence-corrected chi connectivity index (χ2v) is 5.19. The van der Waals surface area contributed by atoms with Crippen molar-refractivity contribution in [2.24, 2.45) is 0 Å². The van der Waals surface area contributed by atoms with E-state index in [4.69, 9.17) is 0 Å². The molecule has 1 atom stereocenters. The topological polar surface area (TPSA) is 54.9 Å². The smallest absolute Gasteiger partial charge is 0.123 e. The number of aromatic amines is 1. The largest absolute Gasteiger partial charge is 0.361 e. The first-order valence-corrected chi connectivity index (χ1v) is 7.71. The van der Waals surface area contributed by atoms with E-state index >= 15 is 0 Å². The Morgan fingerprint density at radius 1 is 1.29 bits per heavy atom. The van der Waals surface area contributed by atoms with Crippen LogP contribution in [-0.2, 0) is 0 Å². The monoisotopic (exact) mass is 284 g/mol. The molecule has 1 aromatic carbocycles. The molecule has 0 spiro atoms. The van der Waals surface area contributed by atoms with E-state index in [1.54, 1.807) is 0 Å². The van der Waals surface area contributed by atoms with E-state index < -0.39 is 0 Å². The van der Waals surface area contributed by atoms with Crippen molar-refractivity contribution in [1.29, 1.82) is 5.26 Å². The van der Waals surface area contributed by atoms with Gasteiger partial charge in [-0.1, -0.05) is 32.0 Å². The number of hydrogen-bond acceptors (Lipinski definition) is 3. The third kappa shape index (κ3) is 3.84. The van der Waals surface area contributed by atoms with Crippen LogP contribution in [0.1, 0.15) is 31.9 Å². The minimum absolute atomic E-state index is 0.252. The van der Waals surface area contributed by atoms with Crippen molar-refractivity contribution in [3.05, 3.63) is 36.0 Å². The number of nitrogens with zero attached hydrogens (tertiary/aromatic N) is 2. The Morgan fingerprint density at radius 3 is 2.76 bits per heavy atom. The number of nitriles is 1. The summed E-state index contributed by atoms with van der Waals surface area (Å²) in [6.45, 7) is 8.46. The van der Waals surface area contributed by atoms with Gasteiger partial charge in [0.1, 0.15) is 6.04 Å². The molecule has 1 heterocycles. The third-order valence-corrected chi connectivity index (χ3v) is 3.96. The van der Waals surface area contributed by atoms with Crippen molar-refractivity contribution in [1.82, 2.24) is 15.2 Å². The molecule has 21 heavy (non-hydrogen) atoms. The van der Waals surface area contributed by atoms with Gasteiger partial charge in [0.15, 0.2) is 0 Å². The molecule has 4 nitrogen and oxygen atoms in total. The van der Waals surface area contributed by atoms with Crippen LogP contribution in [0.2, 0.25) is 0 Å². The molecule has 2 aromatic rings. The zero-order chi connectivity index (χ0) is 15.1. The second kappa shape index (κ2) is 7.82. The van der Waals surface area contributed by atoms with Crippen molar-refractivity contribution >= 4 is 10.9 Å². The first-order valence-electron chi connectivity index (χ1n) is 7.71. The molecule has 0 amide bonds. The average Bonchev–Trinajstić information content (AvgIpc) is 2.95. The van der Waals surface area contributed by atoms with E-state index in [2.05, 4.69) is 41.2 Å². The number of rotatable bonds is 8. The maximum absolute atomic E-state index is 9.42. The van der Waals surface area contributed by atoms with Crippen molar-refractivity contribution in [3.8, 4) is 6.07 Å². The van der Waals surface area contributed by atoms with E-state index in [1.807, 2.05) is 24.4 Å². The molecule has 0 radical (unpaired) electrons. The molecule has 1 unspecified atom stereocenters. The van der Waals surface area contributed by atoms with Crippen LogP contribution in [0.25, 0.3) is 10.9 Å². The van der Waals surface area contributed by atoms with E-state index in [-0.39, 0.29) is 6.04 Å². The molecule has 2 rings (SSSR count). The fraction of sp³-hybridized carbons (Fsp3) is 0.471. The summed E-state index contributed by atoms with van der Waals surface area (Å²) in [7, 11) is 0. The molecule has 2 N–H and O–H groups in total. The number of hydrogen-bond donors (Lipinski definition) is 2. The van der Waals surface area contributed by atoms with Gasteiger partial charge in [0.2, 0.25) is 0 Å². The number of nitrogens with one attached hydrogen (secondary N) is 2. The molecular formula is C17H24N4. The highest BCUT2D eigenvalue weighted by Crippen LogP contribution is 2.23. The highest BCUT2D eigenvalue weighted by molar-refractivity contribution is 5.83. The molecule has 112 valence electrons. The maximum atomic E-state index is 9.42. The van der Waals surface area contributed by atoms with Gasteiger partial charge in [-0.15, -0.1) is 0 Å². The zero-order valence-electron chi connectivity index (χ0n) is 12.9. The van der Waals surface area contributed by atoms with Gasteiger partial charge < -0.3 is 9.88 Å². The molecule has 4 heteroatoms. The van der Waals surface area contributed by atoms with E-state index in [0.29, 0.717) is 0 Å². The van der Waals surface area contributed by atoms with Crippen LogP contribution >= 0.6 is 0 Å². The van der Waals surface area contributed by atoms with Crippen LogP contribution in [0.4, 0.5) is 0 Å². The molecule has 0 bridgehead atoms. The number of aromatic nitrogens is 1. The van der Waals surface area contributed by atoms with Gasteiger partial charge in [0.25, 0.3) is 0 Å². The van der Waals surface area contributed by atoms with Gasteiger partial charge in [-0.25, -0.2) is 0 Å². The first-order chi connectivity index (χ1) is 10.3. The lowest BCUT2D eigenvalue weighted by molar-refractivity contribution is 0.297.